The zero-order valence-corrected chi connectivity index (χ0v) is 13.3. The SMILES string of the molecule is CC1CCCCCN1CC(=O)Nc1ccc(C(N)=S)cc1. The van der Waals surface area contributed by atoms with Gasteiger partial charge >= 0.3 is 0 Å². The fourth-order valence-electron chi connectivity index (χ4n) is 2.67. The van der Waals surface area contributed by atoms with Gasteiger partial charge in [-0.15, -0.1) is 0 Å². The van der Waals surface area contributed by atoms with Crippen LogP contribution in [0.1, 0.15) is 38.2 Å². The van der Waals surface area contributed by atoms with Gasteiger partial charge in [0.2, 0.25) is 5.91 Å². The van der Waals surface area contributed by atoms with Crippen LogP contribution in [0.3, 0.4) is 0 Å². The Morgan fingerprint density at radius 3 is 2.71 bits per heavy atom. The van der Waals surface area contributed by atoms with Gasteiger partial charge in [-0.3, -0.25) is 9.69 Å². The lowest BCUT2D eigenvalue weighted by Gasteiger charge is -2.26. The second-order valence-corrected chi connectivity index (χ2v) is 6.10. The van der Waals surface area contributed by atoms with Crippen LogP contribution in [-0.4, -0.2) is 34.9 Å². The quantitative estimate of drug-likeness (QED) is 0.839. The number of hydrogen-bond acceptors (Lipinski definition) is 3. The number of nitrogens with zero attached hydrogens (tertiary/aromatic N) is 1. The van der Waals surface area contributed by atoms with Crippen LogP contribution in [0, 0.1) is 0 Å². The molecule has 114 valence electrons. The Kier molecular flexibility index (Phi) is 5.70. The molecule has 0 bridgehead atoms. The number of carbonyl (C=O) groups is 1. The number of hydrogen-bond donors (Lipinski definition) is 2. The summed E-state index contributed by atoms with van der Waals surface area (Å²) in [5.74, 6) is 0.0341. The molecule has 1 aromatic carbocycles. The highest BCUT2D eigenvalue weighted by Gasteiger charge is 2.19. The lowest BCUT2D eigenvalue weighted by molar-refractivity contribution is -0.117. The summed E-state index contributed by atoms with van der Waals surface area (Å²) in [6.45, 7) is 3.67. The summed E-state index contributed by atoms with van der Waals surface area (Å²) in [6.07, 6.45) is 4.89. The number of thiocarbonyl (C=S) groups is 1. The number of anilines is 1. The van der Waals surface area contributed by atoms with Gasteiger partial charge in [-0.05, 0) is 50.6 Å². The molecule has 3 N–H and O–H groups in total. The predicted octanol–water partition coefficient (Wildman–Crippen LogP) is 2.52. The molecule has 2 rings (SSSR count). The molecule has 4 nitrogen and oxygen atoms in total. The first kappa shape index (κ1) is 15.9. The van der Waals surface area contributed by atoms with Crippen molar-refractivity contribution in [3.8, 4) is 0 Å². The van der Waals surface area contributed by atoms with Crippen LogP contribution in [0.25, 0.3) is 0 Å². The largest absolute Gasteiger partial charge is 0.389 e. The number of nitrogens with one attached hydrogen (secondary N) is 1. The summed E-state index contributed by atoms with van der Waals surface area (Å²) in [7, 11) is 0. The van der Waals surface area contributed by atoms with Gasteiger partial charge < -0.3 is 11.1 Å². The van der Waals surface area contributed by atoms with Gasteiger partial charge in [0, 0.05) is 17.3 Å². The number of amides is 1. The molecule has 1 atom stereocenters. The van der Waals surface area contributed by atoms with Gasteiger partial charge in [-0.2, -0.15) is 0 Å². The topological polar surface area (TPSA) is 58.4 Å². The second kappa shape index (κ2) is 7.52. The van der Waals surface area contributed by atoms with Crippen molar-refractivity contribution in [1.82, 2.24) is 4.90 Å². The first-order valence-electron chi connectivity index (χ1n) is 7.50. The van der Waals surface area contributed by atoms with E-state index in [1.807, 2.05) is 24.3 Å². The van der Waals surface area contributed by atoms with Gasteiger partial charge in [-0.1, -0.05) is 25.1 Å². The molecule has 0 radical (unpaired) electrons. The third-order valence-electron chi connectivity index (χ3n) is 3.99. The molecule has 5 heteroatoms. The zero-order chi connectivity index (χ0) is 15.2. The van der Waals surface area contributed by atoms with E-state index in [1.54, 1.807) is 0 Å². The Bertz CT molecular complexity index is 501. The van der Waals surface area contributed by atoms with Crippen molar-refractivity contribution in [1.29, 1.82) is 0 Å². The molecule has 1 aliphatic rings. The number of benzene rings is 1. The Morgan fingerprint density at radius 1 is 1.33 bits per heavy atom. The number of nitrogens with two attached hydrogens (primary N) is 1. The van der Waals surface area contributed by atoms with E-state index >= 15 is 0 Å². The molecule has 21 heavy (non-hydrogen) atoms. The van der Waals surface area contributed by atoms with E-state index in [9.17, 15) is 4.79 Å². The summed E-state index contributed by atoms with van der Waals surface area (Å²) in [5.41, 5.74) is 7.15. The average Bonchev–Trinajstić information content (AvgIpc) is 2.65. The summed E-state index contributed by atoms with van der Waals surface area (Å²) < 4.78 is 0. The van der Waals surface area contributed by atoms with E-state index in [2.05, 4.69) is 17.1 Å². The normalized spacial score (nSPS) is 19.8. The van der Waals surface area contributed by atoms with Crippen molar-refractivity contribution >= 4 is 28.8 Å². The van der Waals surface area contributed by atoms with E-state index in [-0.39, 0.29) is 5.91 Å². The molecule has 1 fully saturated rings. The molecule has 0 saturated carbocycles. The lowest BCUT2D eigenvalue weighted by Crippen LogP contribution is -2.39. The van der Waals surface area contributed by atoms with Crippen molar-refractivity contribution < 1.29 is 4.79 Å². The van der Waals surface area contributed by atoms with Crippen LogP contribution in [0.4, 0.5) is 5.69 Å². The predicted molar refractivity (Wildman–Crippen MR) is 90.5 cm³/mol. The van der Waals surface area contributed by atoms with E-state index in [0.29, 0.717) is 17.6 Å². The maximum absolute atomic E-state index is 12.2. The van der Waals surface area contributed by atoms with Gasteiger partial charge in [0.05, 0.1) is 6.54 Å². The first-order valence-corrected chi connectivity index (χ1v) is 7.91. The van der Waals surface area contributed by atoms with Crippen molar-refractivity contribution in [3.05, 3.63) is 29.8 Å². The second-order valence-electron chi connectivity index (χ2n) is 5.66. The minimum atomic E-state index is 0.0341. The summed E-state index contributed by atoms with van der Waals surface area (Å²) >= 11 is 4.91. The van der Waals surface area contributed by atoms with E-state index in [0.717, 1.165) is 17.8 Å². The van der Waals surface area contributed by atoms with Gasteiger partial charge in [0.15, 0.2) is 0 Å². The van der Waals surface area contributed by atoms with Crippen molar-refractivity contribution in [3.63, 3.8) is 0 Å². The molecular formula is C16H23N3OS. The molecular weight excluding hydrogens is 282 g/mol. The van der Waals surface area contributed by atoms with Gasteiger partial charge in [0.1, 0.15) is 4.99 Å². The monoisotopic (exact) mass is 305 g/mol. The average molecular weight is 305 g/mol. The van der Waals surface area contributed by atoms with Crippen LogP contribution < -0.4 is 11.1 Å². The maximum atomic E-state index is 12.2. The summed E-state index contributed by atoms with van der Waals surface area (Å²) in [6, 6.07) is 7.80. The van der Waals surface area contributed by atoms with Crippen LogP contribution in [0.2, 0.25) is 0 Å². The molecule has 1 heterocycles. The lowest BCUT2D eigenvalue weighted by atomic mass is 10.1. The number of carbonyl (C=O) groups excluding carboxylic acids is 1. The highest BCUT2D eigenvalue weighted by molar-refractivity contribution is 7.80. The van der Waals surface area contributed by atoms with Crippen LogP contribution in [0.5, 0.6) is 0 Å². The highest BCUT2D eigenvalue weighted by atomic mass is 32.1. The molecule has 0 aromatic heterocycles. The summed E-state index contributed by atoms with van der Waals surface area (Å²) in [4.78, 5) is 14.8. The fraction of sp³-hybridized carbons (Fsp3) is 0.500. The van der Waals surface area contributed by atoms with Gasteiger partial charge in [-0.25, -0.2) is 0 Å². The first-order chi connectivity index (χ1) is 10.1. The molecule has 1 aliphatic heterocycles. The Hall–Kier alpha value is -1.46. The Morgan fingerprint density at radius 2 is 2.05 bits per heavy atom. The smallest absolute Gasteiger partial charge is 0.238 e. The van der Waals surface area contributed by atoms with Crippen LogP contribution in [0.15, 0.2) is 24.3 Å². The minimum absolute atomic E-state index is 0.0341. The third-order valence-corrected chi connectivity index (χ3v) is 4.23. The van der Waals surface area contributed by atoms with E-state index < -0.39 is 0 Å². The highest BCUT2D eigenvalue weighted by Crippen LogP contribution is 2.16. The van der Waals surface area contributed by atoms with Crippen molar-refractivity contribution in [2.75, 3.05) is 18.4 Å². The molecule has 1 amide bonds. The van der Waals surface area contributed by atoms with Gasteiger partial charge in [0.25, 0.3) is 0 Å². The molecule has 0 spiro atoms. The van der Waals surface area contributed by atoms with Crippen LogP contribution in [-0.2, 0) is 4.79 Å². The molecule has 1 aromatic rings. The van der Waals surface area contributed by atoms with E-state index in [1.165, 1.54) is 25.7 Å². The Balaban J connectivity index is 1.90. The molecule has 1 saturated heterocycles. The Labute approximate surface area is 131 Å². The standard InChI is InChI=1S/C16H23N3OS/c1-12-5-3-2-4-10-19(12)11-15(20)18-14-8-6-13(7-9-14)16(17)21/h6-9,12H,2-5,10-11H2,1H3,(H2,17,21)(H,18,20). The van der Waals surface area contributed by atoms with E-state index in [4.69, 9.17) is 18.0 Å². The van der Waals surface area contributed by atoms with Crippen LogP contribution >= 0.6 is 12.2 Å². The third kappa shape index (κ3) is 4.79. The molecule has 1 unspecified atom stereocenters. The maximum Gasteiger partial charge on any atom is 0.238 e. The molecule has 0 aliphatic carbocycles. The zero-order valence-electron chi connectivity index (χ0n) is 12.5. The van der Waals surface area contributed by atoms with Crippen molar-refractivity contribution in [2.45, 2.75) is 38.6 Å². The minimum Gasteiger partial charge on any atom is -0.389 e. The number of rotatable bonds is 4. The fourth-order valence-corrected chi connectivity index (χ4v) is 2.81. The summed E-state index contributed by atoms with van der Waals surface area (Å²) in [5, 5.41) is 2.93. The van der Waals surface area contributed by atoms with Crippen molar-refractivity contribution in [2.24, 2.45) is 5.73 Å². The number of likely N-dealkylation sites (tertiary alicyclic amines) is 1.